The van der Waals surface area contributed by atoms with E-state index in [1.165, 1.54) is 51.7 Å². The maximum atomic E-state index is 5.40. The number of rotatable bonds is 6. The number of unbranched alkanes of at least 4 members (excludes halogenated alkanes) is 1. The topological polar surface area (TPSA) is 15.7 Å². The van der Waals surface area contributed by atoms with Gasteiger partial charge in [0.1, 0.15) is 0 Å². The quantitative estimate of drug-likeness (QED) is 0.552. The fourth-order valence-corrected chi connectivity index (χ4v) is 4.42. The van der Waals surface area contributed by atoms with E-state index in [4.69, 9.17) is 4.74 Å². The van der Waals surface area contributed by atoms with Gasteiger partial charge < -0.3 is 14.5 Å². The molecule has 0 N–H and O–H groups in total. The van der Waals surface area contributed by atoms with Crippen molar-refractivity contribution in [2.75, 3.05) is 33.8 Å². The SMILES string of the molecule is CC#CCCCN1CC2(CC(N(C)C3CC(OC)C3)C2)C1. The van der Waals surface area contributed by atoms with Crippen LogP contribution in [0.3, 0.4) is 0 Å². The Morgan fingerprint density at radius 2 is 1.95 bits per heavy atom. The van der Waals surface area contributed by atoms with Gasteiger partial charge in [-0.1, -0.05) is 0 Å². The highest BCUT2D eigenvalue weighted by Crippen LogP contribution is 2.51. The van der Waals surface area contributed by atoms with Gasteiger partial charge in [-0.15, -0.1) is 11.8 Å². The molecule has 0 aromatic heterocycles. The van der Waals surface area contributed by atoms with Crippen LogP contribution in [-0.4, -0.2) is 61.8 Å². The van der Waals surface area contributed by atoms with E-state index in [1.807, 2.05) is 14.0 Å². The Labute approximate surface area is 130 Å². The second-order valence-electron chi connectivity index (χ2n) is 7.45. The number of methoxy groups -OCH3 is 1. The second kappa shape index (κ2) is 6.28. The molecule has 0 amide bonds. The molecule has 0 radical (unpaired) electrons. The molecule has 3 heteroatoms. The van der Waals surface area contributed by atoms with Gasteiger partial charge in [0, 0.05) is 38.7 Å². The standard InChI is InChI=1S/C18H30N2O/c1-4-5-6-7-8-20-13-18(14-20)11-16(12-18)19(2)15-9-17(10-15)21-3/h15-17H,6-14H2,1-3H3. The molecule has 0 atom stereocenters. The number of ether oxygens (including phenoxy) is 1. The van der Waals surface area contributed by atoms with Crippen LogP contribution in [-0.2, 0) is 4.74 Å². The first kappa shape index (κ1) is 15.3. The lowest BCUT2D eigenvalue weighted by Crippen LogP contribution is -2.67. The molecule has 0 aromatic rings. The average Bonchev–Trinajstić information content (AvgIpc) is 2.32. The van der Waals surface area contributed by atoms with Gasteiger partial charge in [-0.05, 0) is 58.0 Å². The van der Waals surface area contributed by atoms with Crippen molar-refractivity contribution in [3.63, 3.8) is 0 Å². The average molecular weight is 290 g/mol. The van der Waals surface area contributed by atoms with E-state index < -0.39 is 0 Å². The van der Waals surface area contributed by atoms with Gasteiger partial charge in [-0.25, -0.2) is 0 Å². The summed E-state index contributed by atoms with van der Waals surface area (Å²) in [5, 5.41) is 0. The van der Waals surface area contributed by atoms with Crippen LogP contribution in [0.15, 0.2) is 0 Å². The smallest absolute Gasteiger partial charge is 0.0601 e. The summed E-state index contributed by atoms with van der Waals surface area (Å²) in [6.07, 6.45) is 8.14. The van der Waals surface area contributed by atoms with Gasteiger partial charge in [-0.3, -0.25) is 0 Å². The summed E-state index contributed by atoms with van der Waals surface area (Å²) in [6.45, 7) is 5.85. The van der Waals surface area contributed by atoms with Gasteiger partial charge in [0.2, 0.25) is 0 Å². The molecule has 2 aliphatic carbocycles. The molecule has 2 saturated carbocycles. The Hall–Kier alpha value is -0.560. The Bertz CT molecular complexity index is 405. The Morgan fingerprint density at radius 1 is 1.24 bits per heavy atom. The molecule has 1 saturated heterocycles. The van der Waals surface area contributed by atoms with E-state index in [9.17, 15) is 0 Å². The van der Waals surface area contributed by atoms with Crippen molar-refractivity contribution >= 4 is 0 Å². The predicted octanol–water partition coefficient (Wildman–Crippen LogP) is 2.36. The van der Waals surface area contributed by atoms with Crippen LogP contribution in [0.1, 0.15) is 45.4 Å². The molecular weight excluding hydrogens is 260 g/mol. The van der Waals surface area contributed by atoms with E-state index in [1.54, 1.807) is 0 Å². The third-order valence-electron chi connectivity index (χ3n) is 5.96. The van der Waals surface area contributed by atoms with Crippen molar-refractivity contribution in [1.82, 2.24) is 9.80 Å². The highest BCUT2D eigenvalue weighted by atomic mass is 16.5. The van der Waals surface area contributed by atoms with Gasteiger partial charge in [0.25, 0.3) is 0 Å². The summed E-state index contributed by atoms with van der Waals surface area (Å²) >= 11 is 0. The molecule has 118 valence electrons. The molecule has 0 bridgehead atoms. The molecular formula is C18H30N2O. The molecule has 3 nitrogen and oxygen atoms in total. The minimum atomic E-state index is 0.525. The van der Waals surface area contributed by atoms with Gasteiger partial charge in [0.05, 0.1) is 6.10 Å². The summed E-state index contributed by atoms with van der Waals surface area (Å²) < 4.78 is 5.40. The lowest BCUT2D eigenvalue weighted by molar-refractivity contribution is -0.128. The fourth-order valence-electron chi connectivity index (χ4n) is 4.42. The van der Waals surface area contributed by atoms with Crippen LogP contribution in [0.5, 0.6) is 0 Å². The third-order valence-corrected chi connectivity index (χ3v) is 5.96. The van der Waals surface area contributed by atoms with Crippen LogP contribution in [0.2, 0.25) is 0 Å². The van der Waals surface area contributed by atoms with Crippen LogP contribution in [0, 0.1) is 17.3 Å². The first-order valence-corrected chi connectivity index (χ1v) is 8.52. The monoisotopic (exact) mass is 290 g/mol. The lowest BCUT2D eigenvalue weighted by Gasteiger charge is -2.62. The van der Waals surface area contributed by atoms with Crippen LogP contribution in [0.25, 0.3) is 0 Å². The van der Waals surface area contributed by atoms with Crippen molar-refractivity contribution in [3.8, 4) is 11.8 Å². The van der Waals surface area contributed by atoms with E-state index in [-0.39, 0.29) is 0 Å². The minimum absolute atomic E-state index is 0.525. The molecule has 3 fully saturated rings. The molecule has 0 aromatic carbocycles. The molecule has 21 heavy (non-hydrogen) atoms. The minimum Gasteiger partial charge on any atom is -0.381 e. The number of likely N-dealkylation sites (tertiary alicyclic amines) is 1. The number of hydrogen-bond acceptors (Lipinski definition) is 3. The zero-order chi connectivity index (χ0) is 14.9. The fraction of sp³-hybridized carbons (Fsp3) is 0.889. The third kappa shape index (κ3) is 3.13. The van der Waals surface area contributed by atoms with Gasteiger partial charge in [-0.2, -0.15) is 0 Å². The molecule has 3 rings (SSSR count). The normalized spacial score (nSPS) is 31.2. The Morgan fingerprint density at radius 3 is 2.57 bits per heavy atom. The summed E-state index contributed by atoms with van der Waals surface area (Å²) in [6, 6.07) is 1.61. The highest BCUT2D eigenvalue weighted by Gasteiger charge is 2.54. The van der Waals surface area contributed by atoms with E-state index in [0.29, 0.717) is 11.5 Å². The largest absolute Gasteiger partial charge is 0.381 e. The van der Waals surface area contributed by atoms with E-state index >= 15 is 0 Å². The number of nitrogens with zero attached hydrogens (tertiary/aromatic N) is 2. The van der Waals surface area contributed by atoms with Crippen LogP contribution < -0.4 is 0 Å². The Balaban J connectivity index is 1.31. The summed E-state index contributed by atoms with van der Waals surface area (Å²) in [5.41, 5.74) is 0.680. The Kier molecular flexibility index (Phi) is 4.59. The predicted molar refractivity (Wildman–Crippen MR) is 86.2 cm³/mol. The molecule has 1 heterocycles. The van der Waals surface area contributed by atoms with Crippen molar-refractivity contribution in [2.24, 2.45) is 5.41 Å². The summed E-state index contributed by atoms with van der Waals surface area (Å²) in [5.74, 6) is 6.14. The van der Waals surface area contributed by atoms with Crippen molar-refractivity contribution in [2.45, 2.75) is 63.6 Å². The zero-order valence-electron chi connectivity index (χ0n) is 13.9. The first-order chi connectivity index (χ1) is 10.2. The van der Waals surface area contributed by atoms with Crippen molar-refractivity contribution in [3.05, 3.63) is 0 Å². The van der Waals surface area contributed by atoms with Crippen LogP contribution in [0.4, 0.5) is 0 Å². The summed E-state index contributed by atoms with van der Waals surface area (Å²) in [4.78, 5) is 5.26. The lowest BCUT2D eigenvalue weighted by atomic mass is 9.59. The van der Waals surface area contributed by atoms with Gasteiger partial charge >= 0.3 is 0 Å². The number of hydrogen-bond donors (Lipinski definition) is 0. The van der Waals surface area contributed by atoms with E-state index in [0.717, 1.165) is 18.5 Å². The molecule has 3 aliphatic rings. The molecule has 1 spiro atoms. The highest BCUT2D eigenvalue weighted by molar-refractivity contribution is 5.08. The maximum absolute atomic E-state index is 5.40. The summed E-state index contributed by atoms with van der Waals surface area (Å²) in [7, 11) is 4.17. The first-order valence-electron chi connectivity index (χ1n) is 8.52. The molecule has 1 aliphatic heterocycles. The molecule has 0 unspecified atom stereocenters. The van der Waals surface area contributed by atoms with Crippen LogP contribution >= 0.6 is 0 Å². The zero-order valence-corrected chi connectivity index (χ0v) is 13.9. The van der Waals surface area contributed by atoms with Gasteiger partial charge in [0.15, 0.2) is 0 Å². The van der Waals surface area contributed by atoms with Crippen molar-refractivity contribution < 1.29 is 4.74 Å². The van der Waals surface area contributed by atoms with Crippen molar-refractivity contribution in [1.29, 1.82) is 0 Å². The van der Waals surface area contributed by atoms with E-state index in [2.05, 4.69) is 28.7 Å². The maximum Gasteiger partial charge on any atom is 0.0601 e. The second-order valence-corrected chi connectivity index (χ2v) is 7.45.